The number of anilines is 1. The summed E-state index contributed by atoms with van der Waals surface area (Å²) in [6.45, 7) is 4.47. The van der Waals surface area contributed by atoms with Gasteiger partial charge in [0.1, 0.15) is 0 Å². The highest BCUT2D eigenvalue weighted by molar-refractivity contribution is 7.99. The van der Waals surface area contributed by atoms with Gasteiger partial charge in [0.15, 0.2) is 0 Å². The first-order valence-electron chi connectivity index (χ1n) is 10.0. The van der Waals surface area contributed by atoms with Crippen LogP contribution in [0.3, 0.4) is 0 Å². The summed E-state index contributed by atoms with van der Waals surface area (Å²) in [6, 6.07) is 9.27. The number of fused-ring (bicyclic) bond motifs is 2. The van der Waals surface area contributed by atoms with Gasteiger partial charge in [-0.05, 0) is 36.1 Å². The number of carbonyl (C=O) groups excluding carboxylic acids is 1. The van der Waals surface area contributed by atoms with E-state index in [0.717, 1.165) is 31.5 Å². The van der Waals surface area contributed by atoms with E-state index in [-0.39, 0.29) is 11.4 Å². The van der Waals surface area contributed by atoms with Crippen molar-refractivity contribution in [2.75, 3.05) is 38.4 Å². The average molecular weight is 385 g/mol. The van der Waals surface area contributed by atoms with Gasteiger partial charge >= 0.3 is 5.97 Å². The lowest BCUT2D eigenvalue weighted by molar-refractivity contribution is -0.137. The van der Waals surface area contributed by atoms with Crippen molar-refractivity contribution in [3.05, 3.63) is 41.1 Å². The number of carbonyl (C=O) groups is 1. The van der Waals surface area contributed by atoms with Crippen molar-refractivity contribution >= 4 is 23.4 Å². The largest absolute Gasteiger partial charge is 0.466 e. The van der Waals surface area contributed by atoms with E-state index in [1.165, 1.54) is 24.1 Å². The Balaban J connectivity index is 1.86. The van der Waals surface area contributed by atoms with Crippen molar-refractivity contribution in [2.45, 2.75) is 36.5 Å². The summed E-state index contributed by atoms with van der Waals surface area (Å²) in [5, 5.41) is 0.458. The number of thioether (sulfide) groups is 1. The molecule has 3 aliphatic heterocycles. The van der Waals surface area contributed by atoms with Crippen LogP contribution in [0.4, 0.5) is 5.69 Å². The Bertz CT molecular complexity index is 837. The van der Waals surface area contributed by atoms with Crippen LogP contribution in [0.1, 0.15) is 25.3 Å². The Kier molecular flexibility index (Phi) is 3.93. The third-order valence-electron chi connectivity index (χ3n) is 7.67. The number of methoxy groups -OCH3 is 1. The van der Waals surface area contributed by atoms with Crippen molar-refractivity contribution in [1.82, 2.24) is 4.90 Å². The van der Waals surface area contributed by atoms with E-state index in [1.807, 2.05) is 11.8 Å². The smallest absolute Gasteiger partial charge is 0.335 e. The van der Waals surface area contributed by atoms with Crippen LogP contribution in [0.2, 0.25) is 0 Å². The molecule has 0 saturated carbocycles. The van der Waals surface area contributed by atoms with Gasteiger partial charge in [0.25, 0.3) is 0 Å². The van der Waals surface area contributed by atoms with E-state index in [4.69, 9.17) is 4.74 Å². The zero-order valence-electron chi connectivity index (χ0n) is 16.6. The molecule has 5 atom stereocenters. The van der Waals surface area contributed by atoms with Crippen molar-refractivity contribution in [3.63, 3.8) is 0 Å². The number of rotatable bonds is 3. The Labute approximate surface area is 165 Å². The summed E-state index contributed by atoms with van der Waals surface area (Å²) < 4.78 is 5.36. The lowest BCUT2D eigenvalue weighted by Crippen LogP contribution is -2.57. The zero-order chi connectivity index (χ0) is 18.9. The molecule has 5 heteroatoms. The highest BCUT2D eigenvalue weighted by atomic mass is 32.2. The van der Waals surface area contributed by atoms with Gasteiger partial charge in [-0.15, -0.1) is 0 Å². The fourth-order valence-corrected chi connectivity index (χ4v) is 7.76. The molecule has 2 bridgehead atoms. The minimum absolute atomic E-state index is 0.0938. The molecule has 1 aromatic rings. The second-order valence-electron chi connectivity index (χ2n) is 8.40. The van der Waals surface area contributed by atoms with Crippen molar-refractivity contribution in [1.29, 1.82) is 0 Å². The van der Waals surface area contributed by atoms with Crippen LogP contribution in [0, 0.1) is 11.8 Å². The Morgan fingerprint density at radius 2 is 2.11 bits per heavy atom. The van der Waals surface area contributed by atoms with Gasteiger partial charge in [-0.25, -0.2) is 4.79 Å². The van der Waals surface area contributed by atoms with Crippen LogP contribution in [0.5, 0.6) is 0 Å². The number of hydrogen-bond acceptors (Lipinski definition) is 5. The summed E-state index contributed by atoms with van der Waals surface area (Å²) >= 11 is 1.96. The molecule has 0 radical (unpaired) electrons. The van der Waals surface area contributed by atoms with Crippen LogP contribution in [0.25, 0.3) is 0 Å². The summed E-state index contributed by atoms with van der Waals surface area (Å²) in [4.78, 5) is 18.2. The van der Waals surface area contributed by atoms with Gasteiger partial charge in [-0.3, -0.25) is 4.90 Å². The monoisotopic (exact) mass is 384 g/mol. The molecule has 3 heterocycles. The fraction of sp³-hybridized carbons (Fsp3) is 0.591. The third kappa shape index (κ3) is 1.97. The first-order valence-corrected chi connectivity index (χ1v) is 11.3. The van der Waals surface area contributed by atoms with Gasteiger partial charge < -0.3 is 9.64 Å². The van der Waals surface area contributed by atoms with Crippen LogP contribution < -0.4 is 4.90 Å². The van der Waals surface area contributed by atoms with Gasteiger partial charge in [0.2, 0.25) is 0 Å². The summed E-state index contributed by atoms with van der Waals surface area (Å²) in [7, 11) is 3.68. The molecule has 0 aromatic heterocycles. The van der Waals surface area contributed by atoms with E-state index >= 15 is 0 Å². The molecule has 27 heavy (non-hydrogen) atoms. The first kappa shape index (κ1) is 17.6. The Morgan fingerprint density at radius 1 is 1.33 bits per heavy atom. The molecule has 1 aliphatic carbocycles. The maximum Gasteiger partial charge on any atom is 0.335 e. The van der Waals surface area contributed by atoms with E-state index in [9.17, 15) is 4.79 Å². The molecule has 4 nitrogen and oxygen atoms in total. The lowest BCUT2D eigenvalue weighted by atomic mass is 9.60. The third-order valence-corrected chi connectivity index (χ3v) is 8.76. The normalized spacial score (nSPS) is 36.7. The SMILES string of the molecule is CC[C@@H]1CN2CC(SC)[C@]34C(=C(C(=O)OC)[C@H]1C[C@H]23)N(C)c1ccccc14. The number of likely N-dealkylation sites (N-methyl/N-ethyl adjacent to an activating group) is 1. The number of piperidine rings is 1. The molecule has 0 N–H and O–H groups in total. The number of esters is 1. The van der Waals surface area contributed by atoms with Crippen molar-refractivity contribution < 1.29 is 9.53 Å². The maximum absolute atomic E-state index is 13.1. The molecular formula is C22H28N2O2S. The van der Waals surface area contributed by atoms with Crippen LogP contribution >= 0.6 is 11.8 Å². The fourth-order valence-electron chi connectivity index (χ4n) is 6.65. The van der Waals surface area contributed by atoms with Crippen molar-refractivity contribution in [3.8, 4) is 0 Å². The van der Waals surface area contributed by atoms with Gasteiger partial charge in [-0.1, -0.05) is 31.5 Å². The molecule has 1 spiro atoms. The molecule has 144 valence electrons. The van der Waals surface area contributed by atoms with Gasteiger partial charge in [0.05, 0.1) is 18.1 Å². The quantitative estimate of drug-likeness (QED) is 0.747. The van der Waals surface area contributed by atoms with Gasteiger partial charge in [-0.2, -0.15) is 11.8 Å². The number of hydrogen-bond donors (Lipinski definition) is 0. The number of nitrogens with zero attached hydrogens (tertiary/aromatic N) is 2. The summed E-state index contributed by atoms with van der Waals surface area (Å²) in [6.07, 6.45) is 4.42. The molecule has 1 unspecified atom stereocenters. The predicted octanol–water partition coefficient (Wildman–Crippen LogP) is 3.28. The van der Waals surface area contributed by atoms with E-state index in [0.29, 0.717) is 23.1 Å². The topological polar surface area (TPSA) is 32.8 Å². The Morgan fingerprint density at radius 3 is 2.81 bits per heavy atom. The summed E-state index contributed by atoms with van der Waals surface area (Å²) in [5.74, 6) is 0.717. The highest BCUT2D eigenvalue weighted by Gasteiger charge is 2.67. The molecule has 4 aliphatic rings. The maximum atomic E-state index is 13.1. The predicted molar refractivity (Wildman–Crippen MR) is 110 cm³/mol. The first-order chi connectivity index (χ1) is 13.1. The second kappa shape index (κ2) is 6.02. The molecule has 1 aromatic carbocycles. The van der Waals surface area contributed by atoms with E-state index in [1.54, 1.807) is 0 Å². The molecule has 2 fully saturated rings. The molecular weight excluding hydrogens is 356 g/mol. The summed E-state index contributed by atoms with van der Waals surface area (Å²) in [5.41, 5.74) is 4.76. The molecule has 0 amide bonds. The van der Waals surface area contributed by atoms with E-state index in [2.05, 4.69) is 54.3 Å². The van der Waals surface area contributed by atoms with Gasteiger partial charge in [0, 0.05) is 42.8 Å². The number of benzene rings is 1. The van der Waals surface area contributed by atoms with Crippen LogP contribution in [-0.2, 0) is 14.9 Å². The van der Waals surface area contributed by atoms with E-state index < -0.39 is 0 Å². The standard InChI is InChI=1S/C22H28N2O2S/c1-5-13-11-24-12-18(27-4)22-15-8-6-7-9-16(15)23(2)20(22)19(21(25)26-3)14(13)10-17(22)24/h6-9,13-14,17-18H,5,10-12H2,1-4H3/t13-,14+,17+,18?,22-/m1/s1. The molecule has 2 saturated heterocycles. The average Bonchev–Trinajstić information content (AvgIpc) is 3.19. The lowest BCUT2D eigenvalue weighted by Gasteiger charge is -2.51. The Hall–Kier alpha value is -1.46. The zero-order valence-corrected chi connectivity index (χ0v) is 17.4. The van der Waals surface area contributed by atoms with Crippen LogP contribution in [0.15, 0.2) is 35.5 Å². The second-order valence-corrected chi connectivity index (χ2v) is 9.44. The molecule has 5 rings (SSSR count). The number of para-hydroxylation sites is 1. The van der Waals surface area contributed by atoms with Crippen molar-refractivity contribution in [2.24, 2.45) is 11.8 Å². The minimum atomic E-state index is -0.119. The van der Waals surface area contributed by atoms with Crippen LogP contribution in [-0.4, -0.2) is 55.7 Å². The highest BCUT2D eigenvalue weighted by Crippen LogP contribution is 2.65. The number of ether oxygens (including phenoxy) is 1. The minimum Gasteiger partial charge on any atom is -0.466 e.